The van der Waals surface area contributed by atoms with Crippen molar-refractivity contribution in [3.8, 4) is 17.2 Å². The van der Waals surface area contributed by atoms with Crippen LogP contribution in [0.5, 0.6) is 17.2 Å². The number of ether oxygens (including phenoxy) is 2. The van der Waals surface area contributed by atoms with Crippen molar-refractivity contribution in [1.82, 2.24) is 0 Å². The first-order valence-corrected chi connectivity index (χ1v) is 9.64. The van der Waals surface area contributed by atoms with Gasteiger partial charge in [-0.15, -0.1) is 0 Å². The Morgan fingerprint density at radius 2 is 1.94 bits per heavy atom. The average Bonchev–Trinajstić information content (AvgIpc) is 2.74. The summed E-state index contributed by atoms with van der Waals surface area (Å²) in [7, 11) is 1.48. The van der Waals surface area contributed by atoms with Crippen molar-refractivity contribution in [3.63, 3.8) is 0 Å². The zero-order valence-electron chi connectivity index (χ0n) is 17.3. The molecule has 1 amide bonds. The highest BCUT2D eigenvalue weighted by molar-refractivity contribution is 5.96. The number of methoxy groups -OCH3 is 1. The standard InChI is InChI=1S/C24H21NO6/c1-13-7-8-14(2)17(9-13)25-21(27)12-30-15-10-18(26)22-20(11-15)31-24-16(23(22)28)5-4-6-19(24)29-3/h4-11,26H,12H2,1-3H3,(H,25,27). The summed E-state index contributed by atoms with van der Waals surface area (Å²) in [4.78, 5) is 25.2. The molecule has 7 heteroatoms. The fourth-order valence-corrected chi connectivity index (χ4v) is 3.38. The number of benzene rings is 3. The maximum atomic E-state index is 12.8. The molecular formula is C24H21NO6. The van der Waals surface area contributed by atoms with Gasteiger partial charge < -0.3 is 24.3 Å². The van der Waals surface area contributed by atoms with Gasteiger partial charge in [-0.25, -0.2) is 0 Å². The van der Waals surface area contributed by atoms with E-state index < -0.39 is 0 Å². The quantitative estimate of drug-likeness (QED) is 0.468. The second-order valence-corrected chi connectivity index (χ2v) is 7.24. The van der Waals surface area contributed by atoms with Crippen LogP contribution in [0.15, 0.2) is 57.7 Å². The summed E-state index contributed by atoms with van der Waals surface area (Å²) in [6.07, 6.45) is 0. The van der Waals surface area contributed by atoms with E-state index in [2.05, 4.69) is 5.32 Å². The number of carbonyl (C=O) groups is 1. The van der Waals surface area contributed by atoms with Gasteiger partial charge in [-0.3, -0.25) is 9.59 Å². The molecule has 0 aliphatic heterocycles. The maximum absolute atomic E-state index is 12.8. The van der Waals surface area contributed by atoms with Crippen molar-refractivity contribution in [3.05, 3.63) is 69.9 Å². The zero-order valence-corrected chi connectivity index (χ0v) is 17.3. The summed E-state index contributed by atoms with van der Waals surface area (Å²) in [6, 6.07) is 13.5. The number of nitrogens with one attached hydrogen (secondary N) is 1. The number of rotatable bonds is 5. The lowest BCUT2D eigenvalue weighted by molar-refractivity contribution is -0.118. The van der Waals surface area contributed by atoms with Gasteiger partial charge in [-0.2, -0.15) is 0 Å². The van der Waals surface area contributed by atoms with Crippen LogP contribution in [0, 0.1) is 13.8 Å². The van der Waals surface area contributed by atoms with Gasteiger partial charge in [-0.05, 0) is 43.2 Å². The Kier molecular flexibility index (Phi) is 5.25. The number of amides is 1. The van der Waals surface area contributed by atoms with Crippen LogP contribution in [-0.4, -0.2) is 24.7 Å². The second kappa shape index (κ2) is 8.02. The third-order valence-corrected chi connectivity index (χ3v) is 4.97. The molecule has 31 heavy (non-hydrogen) atoms. The van der Waals surface area contributed by atoms with Gasteiger partial charge >= 0.3 is 0 Å². The Labute approximate surface area is 177 Å². The molecule has 0 bridgehead atoms. The number of hydrogen-bond acceptors (Lipinski definition) is 6. The van der Waals surface area contributed by atoms with Gasteiger partial charge in [0, 0.05) is 17.8 Å². The molecule has 1 heterocycles. The van der Waals surface area contributed by atoms with Crippen molar-refractivity contribution in [1.29, 1.82) is 0 Å². The first-order chi connectivity index (χ1) is 14.9. The normalized spacial score (nSPS) is 10.9. The molecule has 0 saturated heterocycles. The molecule has 0 aliphatic rings. The van der Waals surface area contributed by atoms with Crippen molar-refractivity contribution < 1.29 is 23.8 Å². The molecule has 1 aromatic heterocycles. The van der Waals surface area contributed by atoms with Crippen LogP contribution >= 0.6 is 0 Å². The summed E-state index contributed by atoms with van der Waals surface area (Å²) >= 11 is 0. The first kappa shape index (κ1) is 20.3. The lowest BCUT2D eigenvalue weighted by Crippen LogP contribution is -2.20. The molecule has 7 nitrogen and oxygen atoms in total. The summed E-state index contributed by atoms with van der Waals surface area (Å²) in [6.45, 7) is 3.56. The van der Waals surface area contributed by atoms with Crippen LogP contribution in [-0.2, 0) is 4.79 Å². The van der Waals surface area contributed by atoms with E-state index >= 15 is 0 Å². The number of para-hydroxylation sites is 1. The number of carbonyl (C=O) groups excluding carboxylic acids is 1. The molecule has 4 rings (SSSR count). The van der Waals surface area contributed by atoms with Crippen molar-refractivity contribution >= 4 is 33.5 Å². The third-order valence-electron chi connectivity index (χ3n) is 4.97. The SMILES string of the molecule is COc1cccc2c(=O)c3c(O)cc(OCC(=O)Nc4cc(C)ccc4C)cc3oc12. The fourth-order valence-electron chi connectivity index (χ4n) is 3.38. The second-order valence-electron chi connectivity index (χ2n) is 7.24. The topological polar surface area (TPSA) is 98.0 Å². The predicted molar refractivity (Wildman–Crippen MR) is 118 cm³/mol. The minimum absolute atomic E-state index is 0.0351. The molecule has 0 radical (unpaired) electrons. The van der Waals surface area contributed by atoms with E-state index in [4.69, 9.17) is 13.9 Å². The molecule has 0 saturated carbocycles. The van der Waals surface area contributed by atoms with E-state index in [1.54, 1.807) is 18.2 Å². The molecule has 3 aromatic carbocycles. The minimum Gasteiger partial charge on any atom is -0.507 e. The number of hydrogen-bond donors (Lipinski definition) is 2. The van der Waals surface area contributed by atoms with Crippen molar-refractivity contribution in [2.45, 2.75) is 13.8 Å². The number of anilines is 1. The van der Waals surface area contributed by atoms with Crippen molar-refractivity contribution in [2.24, 2.45) is 0 Å². The molecule has 158 valence electrons. The number of aryl methyl sites for hydroxylation is 2. The van der Waals surface area contributed by atoms with Crippen LogP contribution in [0.25, 0.3) is 21.9 Å². The predicted octanol–water partition coefficient (Wildman–Crippen LogP) is 4.29. The van der Waals surface area contributed by atoms with Crippen LogP contribution in [0.4, 0.5) is 5.69 Å². The van der Waals surface area contributed by atoms with E-state index in [9.17, 15) is 14.7 Å². The van der Waals surface area contributed by atoms with Crippen LogP contribution in [0.1, 0.15) is 11.1 Å². The van der Waals surface area contributed by atoms with E-state index in [0.717, 1.165) is 11.1 Å². The van der Waals surface area contributed by atoms with E-state index in [1.165, 1.54) is 19.2 Å². The molecule has 0 spiro atoms. The number of aromatic hydroxyl groups is 1. The van der Waals surface area contributed by atoms with Crippen LogP contribution in [0.3, 0.4) is 0 Å². The monoisotopic (exact) mass is 419 g/mol. The molecular weight excluding hydrogens is 398 g/mol. The lowest BCUT2D eigenvalue weighted by atomic mass is 10.1. The van der Waals surface area contributed by atoms with Gasteiger partial charge in [0.05, 0.1) is 12.5 Å². The Balaban J connectivity index is 1.62. The van der Waals surface area contributed by atoms with Gasteiger partial charge in [0.25, 0.3) is 5.91 Å². The van der Waals surface area contributed by atoms with E-state index in [-0.39, 0.29) is 46.0 Å². The Hall–Kier alpha value is -4.00. The number of phenolic OH excluding ortho intramolecular Hbond substituents is 1. The zero-order chi connectivity index (χ0) is 22.1. The molecule has 4 aromatic rings. The minimum atomic E-state index is -0.383. The van der Waals surface area contributed by atoms with Gasteiger partial charge in [-0.1, -0.05) is 18.2 Å². The molecule has 0 aliphatic carbocycles. The average molecular weight is 419 g/mol. The van der Waals surface area contributed by atoms with Gasteiger partial charge in [0.2, 0.25) is 5.43 Å². The van der Waals surface area contributed by atoms with Gasteiger partial charge in [0.15, 0.2) is 17.9 Å². The first-order valence-electron chi connectivity index (χ1n) is 9.64. The summed E-state index contributed by atoms with van der Waals surface area (Å²) in [5.74, 6) is -0.0513. The Bertz CT molecular complexity index is 1370. The summed E-state index contributed by atoms with van der Waals surface area (Å²) in [5, 5.41) is 13.5. The van der Waals surface area contributed by atoms with Crippen LogP contribution < -0.4 is 20.2 Å². The fraction of sp³-hybridized carbons (Fsp3) is 0.167. The highest BCUT2D eigenvalue weighted by Gasteiger charge is 2.16. The highest BCUT2D eigenvalue weighted by Crippen LogP contribution is 2.33. The van der Waals surface area contributed by atoms with Gasteiger partial charge in [0.1, 0.15) is 22.5 Å². The smallest absolute Gasteiger partial charge is 0.262 e. The maximum Gasteiger partial charge on any atom is 0.262 e. The summed E-state index contributed by atoms with van der Waals surface area (Å²) < 4.78 is 16.6. The van der Waals surface area contributed by atoms with E-state index in [0.29, 0.717) is 16.8 Å². The number of fused-ring (bicyclic) bond motifs is 2. The molecule has 2 N–H and O–H groups in total. The molecule has 0 atom stereocenters. The highest BCUT2D eigenvalue weighted by atomic mass is 16.5. The van der Waals surface area contributed by atoms with Crippen molar-refractivity contribution in [2.75, 3.05) is 19.0 Å². The number of phenols is 1. The Morgan fingerprint density at radius 3 is 2.71 bits per heavy atom. The molecule has 0 unspecified atom stereocenters. The molecule has 0 fully saturated rings. The lowest BCUT2D eigenvalue weighted by Gasteiger charge is -2.11. The van der Waals surface area contributed by atoms with Crippen LogP contribution in [0.2, 0.25) is 0 Å². The Morgan fingerprint density at radius 1 is 1.13 bits per heavy atom. The largest absolute Gasteiger partial charge is 0.507 e. The van der Waals surface area contributed by atoms with E-state index in [1.807, 2.05) is 32.0 Å². The third kappa shape index (κ3) is 3.90. The summed E-state index contributed by atoms with van der Waals surface area (Å²) in [5.41, 5.74) is 2.69.